The Kier molecular flexibility index (Phi) is 2.87. The molecule has 1 N–H and O–H groups in total. The van der Waals surface area contributed by atoms with Crippen LogP contribution in [0.2, 0.25) is 0 Å². The summed E-state index contributed by atoms with van der Waals surface area (Å²) in [6, 6.07) is 5.73. The van der Waals surface area contributed by atoms with Gasteiger partial charge < -0.3 is 4.74 Å². The molecular formula is C9H10BrNO. The molecule has 0 aliphatic heterocycles. The molecular weight excluding hydrogens is 218 g/mol. The zero-order valence-corrected chi connectivity index (χ0v) is 8.60. The van der Waals surface area contributed by atoms with Gasteiger partial charge in [0, 0.05) is 10.0 Å². The second-order valence-electron chi connectivity index (χ2n) is 2.49. The van der Waals surface area contributed by atoms with Gasteiger partial charge >= 0.3 is 0 Å². The van der Waals surface area contributed by atoms with Gasteiger partial charge in [-0.15, -0.1) is 0 Å². The number of rotatable bonds is 1. The topological polar surface area (TPSA) is 33.1 Å². The fourth-order valence-electron chi connectivity index (χ4n) is 0.992. The average molecular weight is 228 g/mol. The lowest BCUT2D eigenvalue weighted by Crippen LogP contribution is -2.03. The molecule has 0 spiro atoms. The van der Waals surface area contributed by atoms with E-state index in [4.69, 9.17) is 10.1 Å². The minimum absolute atomic E-state index is 0.208. The third-order valence-corrected chi connectivity index (χ3v) is 2.13. The molecule has 1 rings (SSSR count). The predicted octanol–water partition coefficient (Wildman–Crippen LogP) is 2.73. The van der Waals surface area contributed by atoms with Gasteiger partial charge in [-0.3, -0.25) is 5.41 Å². The smallest absolute Gasteiger partial charge is 0.213 e. The van der Waals surface area contributed by atoms with Gasteiger partial charge in [0.2, 0.25) is 5.90 Å². The molecule has 0 heterocycles. The van der Waals surface area contributed by atoms with Crippen LogP contribution < -0.4 is 0 Å². The van der Waals surface area contributed by atoms with Crippen LogP contribution in [0.5, 0.6) is 0 Å². The lowest BCUT2D eigenvalue weighted by Gasteiger charge is -2.05. The molecule has 0 aromatic heterocycles. The highest BCUT2D eigenvalue weighted by molar-refractivity contribution is 9.10. The van der Waals surface area contributed by atoms with Gasteiger partial charge in [0.15, 0.2) is 0 Å². The Hall–Kier alpha value is -0.830. The summed E-state index contributed by atoms with van der Waals surface area (Å²) in [6.45, 7) is 1.95. The molecule has 64 valence electrons. The molecule has 0 radical (unpaired) electrons. The first-order valence-corrected chi connectivity index (χ1v) is 4.33. The van der Waals surface area contributed by atoms with Crippen molar-refractivity contribution in [2.45, 2.75) is 6.92 Å². The Balaban J connectivity index is 3.09. The quantitative estimate of drug-likeness (QED) is 0.581. The first-order chi connectivity index (χ1) is 5.65. The summed E-state index contributed by atoms with van der Waals surface area (Å²) in [4.78, 5) is 0. The second-order valence-corrected chi connectivity index (χ2v) is 3.41. The number of benzene rings is 1. The van der Waals surface area contributed by atoms with E-state index in [0.29, 0.717) is 0 Å². The van der Waals surface area contributed by atoms with E-state index in [0.717, 1.165) is 15.6 Å². The standard InChI is InChI=1S/C9H10BrNO/c1-6-5-7(10)3-4-8(6)9(11)12-2/h3-5,11H,1-2H3. The molecule has 0 unspecified atom stereocenters. The van der Waals surface area contributed by atoms with E-state index < -0.39 is 0 Å². The van der Waals surface area contributed by atoms with E-state index in [-0.39, 0.29) is 5.90 Å². The number of aryl methyl sites for hydroxylation is 1. The van der Waals surface area contributed by atoms with Crippen LogP contribution in [-0.2, 0) is 4.74 Å². The van der Waals surface area contributed by atoms with E-state index in [1.165, 1.54) is 7.11 Å². The van der Waals surface area contributed by atoms with Gasteiger partial charge in [0.25, 0.3) is 0 Å². The van der Waals surface area contributed by atoms with Crippen LogP contribution in [0.15, 0.2) is 22.7 Å². The summed E-state index contributed by atoms with van der Waals surface area (Å²) in [7, 11) is 1.50. The molecule has 0 fully saturated rings. The van der Waals surface area contributed by atoms with Crippen molar-refractivity contribution in [2.24, 2.45) is 0 Å². The minimum Gasteiger partial charge on any atom is -0.481 e. The van der Waals surface area contributed by atoms with Crippen LogP contribution in [0.3, 0.4) is 0 Å². The van der Waals surface area contributed by atoms with Crippen molar-refractivity contribution < 1.29 is 4.74 Å². The second kappa shape index (κ2) is 3.72. The third kappa shape index (κ3) is 1.85. The van der Waals surface area contributed by atoms with Crippen molar-refractivity contribution in [3.8, 4) is 0 Å². The molecule has 3 heteroatoms. The number of hydrogen-bond acceptors (Lipinski definition) is 2. The molecule has 12 heavy (non-hydrogen) atoms. The highest BCUT2D eigenvalue weighted by atomic mass is 79.9. The van der Waals surface area contributed by atoms with Crippen molar-refractivity contribution in [3.05, 3.63) is 33.8 Å². The summed E-state index contributed by atoms with van der Waals surface area (Å²) in [6.07, 6.45) is 0. The predicted molar refractivity (Wildman–Crippen MR) is 52.7 cm³/mol. The Morgan fingerprint density at radius 3 is 2.67 bits per heavy atom. The van der Waals surface area contributed by atoms with E-state index in [9.17, 15) is 0 Å². The molecule has 0 aliphatic carbocycles. The van der Waals surface area contributed by atoms with Crippen molar-refractivity contribution in [3.63, 3.8) is 0 Å². The molecule has 0 saturated heterocycles. The molecule has 0 amide bonds. The van der Waals surface area contributed by atoms with Crippen molar-refractivity contribution in [2.75, 3.05) is 7.11 Å². The van der Waals surface area contributed by atoms with E-state index >= 15 is 0 Å². The number of methoxy groups -OCH3 is 1. The monoisotopic (exact) mass is 227 g/mol. The van der Waals surface area contributed by atoms with Crippen molar-refractivity contribution >= 4 is 21.8 Å². The third-order valence-electron chi connectivity index (χ3n) is 1.64. The number of halogens is 1. The van der Waals surface area contributed by atoms with Gasteiger partial charge in [0.1, 0.15) is 0 Å². The maximum absolute atomic E-state index is 7.45. The Morgan fingerprint density at radius 1 is 1.50 bits per heavy atom. The number of ether oxygens (including phenoxy) is 1. The molecule has 1 aromatic rings. The normalized spacial score (nSPS) is 9.58. The van der Waals surface area contributed by atoms with Crippen molar-refractivity contribution in [1.82, 2.24) is 0 Å². The Labute approximate surface area is 80.2 Å². The molecule has 1 aromatic carbocycles. The summed E-state index contributed by atoms with van der Waals surface area (Å²) in [5.74, 6) is 0.208. The number of nitrogens with one attached hydrogen (secondary N) is 1. The lowest BCUT2D eigenvalue weighted by atomic mass is 10.1. The first kappa shape index (κ1) is 9.26. The maximum Gasteiger partial charge on any atom is 0.213 e. The molecule has 0 bridgehead atoms. The first-order valence-electron chi connectivity index (χ1n) is 3.54. The van der Waals surface area contributed by atoms with Crippen LogP contribution >= 0.6 is 15.9 Å². The van der Waals surface area contributed by atoms with Crippen LogP contribution in [0, 0.1) is 12.3 Å². The maximum atomic E-state index is 7.45. The van der Waals surface area contributed by atoms with Gasteiger partial charge in [0.05, 0.1) is 7.11 Å². The summed E-state index contributed by atoms with van der Waals surface area (Å²) in [5, 5.41) is 7.45. The van der Waals surface area contributed by atoms with E-state index in [2.05, 4.69) is 15.9 Å². The minimum atomic E-state index is 0.208. The SMILES string of the molecule is COC(=N)c1ccc(Br)cc1C. The largest absolute Gasteiger partial charge is 0.481 e. The van der Waals surface area contributed by atoms with E-state index in [1.807, 2.05) is 25.1 Å². The fourth-order valence-corrected chi connectivity index (χ4v) is 1.47. The van der Waals surface area contributed by atoms with Gasteiger partial charge in [-0.05, 0) is 30.7 Å². The highest BCUT2D eigenvalue weighted by Crippen LogP contribution is 2.16. The summed E-state index contributed by atoms with van der Waals surface area (Å²) in [5.41, 5.74) is 1.87. The fraction of sp³-hybridized carbons (Fsp3) is 0.222. The van der Waals surface area contributed by atoms with Gasteiger partial charge in [-0.1, -0.05) is 15.9 Å². The average Bonchev–Trinajstić information content (AvgIpc) is 2.03. The summed E-state index contributed by atoms with van der Waals surface area (Å²) < 4.78 is 5.85. The van der Waals surface area contributed by atoms with Crippen LogP contribution in [0.1, 0.15) is 11.1 Å². The molecule has 0 atom stereocenters. The van der Waals surface area contributed by atoms with Crippen molar-refractivity contribution in [1.29, 1.82) is 5.41 Å². The zero-order valence-electron chi connectivity index (χ0n) is 7.02. The highest BCUT2D eigenvalue weighted by Gasteiger charge is 2.04. The lowest BCUT2D eigenvalue weighted by molar-refractivity contribution is 0.401. The number of hydrogen-bond donors (Lipinski definition) is 1. The van der Waals surface area contributed by atoms with E-state index in [1.54, 1.807) is 0 Å². The summed E-state index contributed by atoms with van der Waals surface area (Å²) >= 11 is 3.36. The molecule has 0 aliphatic rings. The Morgan fingerprint density at radius 2 is 2.17 bits per heavy atom. The Bertz CT molecular complexity index is 309. The molecule has 2 nitrogen and oxygen atoms in total. The molecule has 0 saturated carbocycles. The van der Waals surface area contributed by atoms with Crippen LogP contribution in [0.4, 0.5) is 0 Å². The van der Waals surface area contributed by atoms with Crippen LogP contribution in [-0.4, -0.2) is 13.0 Å². The van der Waals surface area contributed by atoms with Gasteiger partial charge in [-0.2, -0.15) is 0 Å². The zero-order chi connectivity index (χ0) is 9.14. The van der Waals surface area contributed by atoms with Gasteiger partial charge in [-0.25, -0.2) is 0 Å². The van der Waals surface area contributed by atoms with Crippen LogP contribution in [0.25, 0.3) is 0 Å².